The van der Waals surface area contributed by atoms with Gasteiger partial charge in [0.05, 0.1) is 0 Å². The van der Waals surface area contributed by atoms with E-state index in [9.17, 15) is 14.4 Å². The molecule has 3 amide bonds. The molecule has 0 bridgehead atoms. The number of nitrogens with one attached hydrogen (secondary N) is 2. The number of hydrogen-bond donors (Lipinski definition) is 2. The highest BCUT2D eigenvalue weighted by atomic mass is 16.6. The number of carbonyl (C=O) groups excluding carboxylic acids is 3. The molecule has 1 heterocycles. The lowest BCUT2D eigenvalue weighted by Gasteiger charge is -2.31. The predicted octanol–water partition coefficient (Wildman–Crippen LogP) is 3.59. The normalized spacial score (nSPS) is 16.0. The second kappa shape index (κ2) is 11.3. The van der Waals surface area contributed by atoms with Crippen LogP contribution >= 0.6 is 0 Å². The van der Waals surface area contributed by atoms with Crippen molar-refractivity contribution in [3.63, 3.8) is 0 Å². The van der Waals surface area contributed by atoms with Gasteiger partial charge in [-0.25, -0.2) is 9.59 Å². The molecule has 8 heteroatoms. The molecule has 1 aliphatic heterocycles. The van der Waals surface area contributed by atoms with Crippen LogP contribution in [0, 0.1) is 0 Å². The van der Waals surface area contributed by atoms with Gasteiger partial charge in [-0.3, -0.25) is 4.79 Å². The molecular weight excluding hydrogens is 374 g/mol. The molecule has 0 unspecified atom stereocenters. The molecule has 8 nitrogen and oxygen atoms in total. The monoisotopic (exact) mass is 413 g/mol. The molecule has 0 saturated carbocycles. The van der Waals surface area contributed by atoms with Crippen LogP contribution in [0.2, 0.25) is 0 Å². The lowest BCUT2D eigenvalue weighted by molar-refractivity contribution is -0.134. The number of unbranched alkanes of at least 4 members (excludes halogenated alkanes) is 1. The second-order valence-corrected chi connectivity index (χ2v) is 9.51. The van der Waals surface area contributed by atoms with Crippen molar-refractivity contribution < 1.29 is 23.9 Å². The molecule has 0 aromatic rings. The zero-order valence-corrected chi connectivity index (χ0v) is 18.9. The van der Waals surface area contributed by atoms with Crippen LogP contribution in [0.4, 0.5) is 9.59 Å². The summed E-state index contributed by atoms with van der Waals surface area (Å²) < 4.78 is 10.5. The summed E-state index contributed by atoms with van der Waals surface area (Å²) in [5, 5.41) is 5.45. The van der Waals surface area contributed by atoms with Crippen LogP contribution in [-0.4, -0.2) is 59.9 Å². The topological polar surface area (TPSA) is 97.0 Å². The number of carbonyl (C=O) groups is 3. The molecule has 29 heavy (non-hydrogen) atoms. The van der Waals surface area contributed by atoms with Gasteiger partial charge in [-0.1, -0.05) is 0 Å². The van der Waals surface area contributed by atoms with E-state index in [0.717, 1.165) is 32.4 Å². The quantitative estimate of drug-likeness (QED) is 0.622. The molecule has 0 aliphatic carbocycles. The van der Waals surface area contributed by atoms with Crippen LogP contribution in [0.1, 0.15) is 80.1 Å². The third kappa shape index (κ3) is 11.6. The molecule has 0 spiro atoms. The zero-order valence-electron chi connectivity index (χ0n) is 18.9. The third-order valence-electron chi connectivity index (χ3n) is 4.24. The number of hydrogen-bond acceptors (Lipinski definition) is 5. The average Bonchev–Trinajstić information content (AvgIpc) is 2.57. The van der Waals surface area contributed by atoms with E-state index in [2.05, 4.69) is 10.6 Å². The second-order valence-electron chi connectivity index (χ2n) is 9.51. The molecule has 1 rings (SSSR count). The van der Waals surface area contributed by atoms with E-state index in [0.29, 0.717) is 25.8 Å². The maximum atomic E-state index is 12.9. The van der Waals surface area contributed by atoms with E-state index in [1.807, 2.05) is 25.7 Å². The van der Waals surface area contributed by atoms with Crippen molar-refractivity contribution in [1.82, 2.24) is 15.5 Å². The fourth-order valence-electron chi connectivity index (χ4n) is 3.02. The van der Waals surface area contributed by atoms with E-state index in [1.165, 1.54) is 0 Å². The van der Waals surface area contributed by atoms with Gasteiger partial charge in [0.1, 0.15) is 17.2 Å². The highest BCUT2D eigenvalue weighted by molar-refractivity contribution is 5.85. The Kier molecular flexibility index (Phi) is 9.73. The maximum absolute atomic E-state index is 12.9. The number of ether oxygens (including phenoxy) is 2. The number of piperidine rings is 1. The van der Waals surface area contributed by atoms with Gasteiger partial charge in [0.25, 0.3) is 0 Å². The molecular formula is C21H39N3O5. The molecule has 1 fully saturated rings. The van der Waals surface area contributed by atoms with Crippen LogP contribution in [0.5, 0.6) is 0 Å². The highest BCUT2D eigenvalue weighted by Crippen LogP contribution is 2.14. The maximum Gasteiger partial charge on any atom is 0.408 e. The number of alkyl carbamates (subject to hydrolysis) is 2. The van der Waals surface area contributed by atoms with Crippen molar-refractivity contribution in [2.24, 2.45) is 0 Å². The molecule has 1 atom stereocenters. The van der Waals surface area contributed by atoms with Gasteiger partial charge in [-0.15, -0.1) is 0 Å². The van der Waals surface area contributed by atoms with Crippen LogP contribution < -0.4 is 10.6 Å². The lowest BCUT2D eigenvalue weighted by atomic mass is 10.1. The minimum absolute atomic E-state index is 0.0596. The first-order valence-electron chi connectivity index (χ1n) is 10.6. The fraction of sp³-hybridized carbons (Fsp3) is 0.857. The fourth-order valence-corrected chi connectivity index (χ4v) is 3.02. The van der Waals surface area contributed by atoms with E-state index in [1.54, 1.807) is 20.8 Å². The summed E-state index contributed by atoms with van der Waals surface area (Å²) in [5.74, 6) is -0.0596. The number of amides is 3. The summed E-state index contributed by atoms with van der Waals surface area (Å²) in [6, 6.07) is -0.621. The summed E-state index contributed by atoms with van der Waals surface area (Å²) >= 11 is 0. The Bertz CT molecular complexity index is 546. The van der Waals surface area contributed by atoms with Gasteiger partial charge in [-0.2, -0.15) is 0 Å². The third-order valence-corrected chi connectivity index (χ3v) is 4.24. The lowest BCUT2D eigenvalue weighted by Crippen LogP contribution is -2.51. The summed E-state index contributed by atoms with van der Waals surface area (Å²) in [5.41, 5.74) is -1.16. The summed E-state index contributed by atoms with van der Waals surface area (Å²) in [6.45, 7) is 12.7. The molecule has 2 N–H and O–H groups in total. The van der Waals surface area contributed by atoms with Crippen molar-refractivity contribution in [2.45, 2.75) is 97.3 Å². The number of likely N-dealkylation sites (tertiary alicyclic amines) is 1. The zero-order chi connectivity index (χ0) is 22.1. The van der Waals surface area contributed by atoms with Crippen molar-refractivity contribution in [1.29, 1.82) is 0 Å². The standard InChI is InChI=1S/C21H39N3O5/c1-20(2,3)28-18(26)22-13-9-8-12-16(23-19(27)29-21(4,5)6)17(25)24-14-10-7-11-15-24/h16H,7-15H2,1-6H3,(H,22,26)(H,23,27)/t16-/m0/s1. The van der Waals surface area contributed by atoms with Gasteiger partial charge in [0.15, 0.2) is 0 Å². The first-order chi connectivity index (χ1) is 13.4. The van der Waals surface area contributed by atoms with Gasteiger partial charge in [-0.05, 0) is 80.1 Å². The molecule has 0 radical (unpaired) electrons. The van der Waals surface area contributed by atoms with E-state index >= 15 is 0 Å². The van der Waals surface area contributed by atoms with Crippen LogP contribution in [-0.2, 0) is 14.3 Å². The van der Waals surface area contributed by atoms with E-state index in [-0.39, 0.29) is 5.91 Å². The molecule has 1 aliphatic rings. The summed E-state index contributed by atoms with van der Waals surface area (Å²) in [4.78, 5) is 38.6. The largest absolute Gasteiger partial charge is 0.444 e. The SMILES string of the molecule is CC(C)(C)OC(=O)NCCCC[C@H](NC(=O)OC(C)(C)C)C(=O)N1CCCCC1. The first-order valence-corrected chi connectivity index (χ1v) is 10.6. The number of rotatable bonds is 7. The van der Waals surface area contributed by atoms with E-state index < -0.39 is 29.4 Å². The van der Waals surface area contributed by atoms with Gasteiger partial charge < -0.3 is 25.0 Å². The van der Waals surface area contributed by atoms with Crippen molar-refractivity contribution in [3.05, 3.63) is 0 Å². The Morgan fingerprint density at radius 1 is 0.862 bits per heavy atom. The Balaban J connectivity index is 2.52. The van der Waals surface area contributed by atoms with Gasteiger partial charge in [0.2, 0.25) is 5.91 Å². The Morgan fingerprint density at radius 2 is 1.41 bits per heavy atom. The highest BCUT2D eigenvalue weighted by Gasteiger charge is 2.28. The molecule has 1 saturated heterocycles. The van der Waals surface area contributed by atoms with Crippen molar-refractivity contribution in [2.75, 3.05) is 19.6 Å². The van der Waals surface area contributed by atoms with Crippen LogP contribution in [0.25, 0.3) is 0 Å². The summed E-state index contributed by atoms with van der Waals surface area (Å²) in [7, 11) is 0. The predicted molar refractivity (Wildman–Crippen MR) is 112 cm³/mol. The summed E-state index contributed by atoms with van der Waals surface area (Å²) in [6.07, 6.45) is 3.92. The van der Waals surface area contributed by atoms with Crippen LogP contribution in [0.3, 0.4) is 0 Å². The molecule has 0 aromatic carbocycles. The minimum Gasteiger partial charge on any atom is -0.444 e. The smallest absolute Gasteiger partial charge is 0.408 e. The molecule has 0 aromatic heterocycles. The first kappa shape index (κ1) is 25.0. The Labute approximate surface area is 175 Å². The van der Waals surface area contributed by atoms with Crippen LogP contribution in [0.15, 0.2) is 0 Å². The van der Waals surface area contributed by atoms with Crippen molar-refractivity contribution >= 4 is 18.1 Å². The number of nitrogens with zero attached hydrogens (tertiary/aromatic N) is 1. The average molecular weight is 414 g/mol. The molecule has 168 valence electrons. The minimum atomic E-state index is -0.625. The Morgan fingerprint density at radius 3 is 1.97 bits per heavy atom. The van der Waals surface area contributed by atoms with Crippen molar-refractivity contribution in [3.8, 4) is 0 Å². The Hall–Kier alpha value is -1.99. The van der Waals surface area contributed by atoms with Gasteiger partial charge >= 0.3 is 12.2 Å². The van der Waals surface area contributed by atoms with Gasteiger partial charge in [0, 0.05) is 19.6 Å². The van der Waals surface area contributed by atoms with E-state index in [4.69, 9.17) is 9.47 Å².